The number of unbranched alkanes of at least 4 members (excludes halogenated alkanes) is 11. The molecule has 0 unspecified atom stereocenters. The quantitative estimate of drug-likeness (QED) is 0.167. The SMILES string of the molecule is CCCCCCCCCCC=C(C)C(=O)N(O)CCCCCC. The molecule has 0 bridgehead atoms. The van der Waals surface area contributed by atoms with Crippen molar-refractivity contribution in [2.45, 2.75) is 104 Å². The van der Waals surface area contributed by atoms with Crippen LogP contribution in [0.4, 0.5) is 0 Å². The summed E-state index contributed by atoms with van der Waals surface area (Å²) >= 11 is 0. The van der Waals surface area contributed by atoms with E-state index in [9.17, 15) is 10.0 Å². The van der Waals surface area contributed by atoms with Gasteiger partial charge in [0, 0.05) is 12.1 Å². The zero-order valence-corrected chi connectivity index (χ0v) is 15.8. The van der Waals surface area contributed by atoms with E-state index in [4.69, 9.17) is 0 Å². The van der Waals surface area contributed by atoms with Crippen molar-refractivity contribution >= 4 is 5.91 Å². The fourth-order valence-corrected chi connectivity index (χ4v) is 2.68. The van der Waals surface area contributed by atoms with Crippen molar-refractivity contribution in [3.05, 3.63) is 11.6 Å². The van der Waals surface area contributed by atoms with Crippen LogP contribution < -0.4 is 0 Å². The van der Waals surface area contributed by atoms with E-state index in [1.165, 1.54) is 44.9 Å². The molecule has 0 aromatic carbocycles. The Morgan fingerprint density at radius 3 is 1.87 bits per heavy atom. The van der Waals surface area contributed by atoms with Crippen molar-refractivity contribution in [2.75, 3.05) is 6.54 Å². The minimum absolute atomic E-state index is 0.235. The average molecular weight is 326 g/mol. The van der Waals surface area contributed by atoms with Crippen LogP contribution in [0.15, 0.2) is 11.6 Å². The van der Waals surface area contributed by atoms with Crippen molar-refractivity contribution < 1.29 is 10.0 Å². The molecule has 0 heterocycles. The third-order valence-corrected chi connectivity index (χ3v) is 4.30. The summed E-state index contributed by atoms with van der Waals surface area (Å²) in [6.45, 7) is 6.65. The summed E-state index contributed by atoms with van der Waals surface area (Å²) in [5.74, 6) is -0.235. The second kappa shape index (κ2) is 16.0. The molecule has 1 amide bonds. The third-order valence-electron chi connectivity index (χ3n) is 4.30. The third kappa shape index (κ3) is 13.3. The van der Waals surface area contributed by atoms with Crippen molar-refractivity contribution in [1.82, 2.24) is 5.06 Å². The summed E-state index contributed by atoms with van der Waals surface area (Å²) in [6.07, 6.45) is 17.6. The molecule has 0 atom stereocenters. The smallest absolute Gasteiger partial charge is 0.272 e. The Morgan fingerprint density at radius 1 is 0.826 bits per heavy atom. The van der Waals surface area contributed by atoms with Gasteiger partial charge in [0.05, 0.1) is 0 Å². The van der Waals surface area contributed by atoms with E-state index in [0.29, 0.717) is 12.1 Å². The van der Waals surface area contributed by atoms with Crippen LogP contribution in [0, 0.1) is 0 Å². The summed E-state index contributed by atoms with van der Waals surface area (Å²) in [7, 11) is 0. The number of carbonyl (C=O) groups is 1. The van der Waals surface area contributed by atoms with E-state index in [1.54, 1.807) is 0 Å². The van der Waals surface area contributed by atoms with Gasteiger partial charge < -0.3 is 0 Å². The molecule has 0 saturated heterocycles. The molecule has 0 spiro atoms. The number of hydroxylamine groups is 2. The second-order valence-corrected chi connectivity index (χ2v) is 6.64. The summed E-state index contributed by atoms with van der Waals surface area (Å²) in [5.41, 5.74) is 0.672. The van der Waals surface area contributed by atoms with Crippen LogP contribution in [-0.2, 0) is 4.79 Å². The van der Waals surface area contributed by atoms with Gasteiger partial charge in [-0.25, -0.2) is 5.06 Å². The van der Waals surface area contributed by atoms with E-state index in [-0.39, 0.29) is 5.91 Å². The topological polar surface area (TPSA) is 40.5 Å². The molecule has 3 heteroatoms. The van der Waals surface area contributed by atoms with Crippen LogP contribution in [0.1, 0.15) is 104 Å². The number of nitrogens with zero attached hydrogens (tertiary/aromatic N) is 1. The molecule has 3 nitrogen and oxygen atoms in total. The van der Waals surface area contributed by atoms with E-state index >= 15 is 0 Å². The molecule has 0 aliphatic heterocycles. The number of rotatable bonds is 15. The van der Waals surface area contributed by atoms with Crippen LogP contribution in [0.25, 0.3) is 0 Å². The maximum Gasteiger partial charge on any atom is 0.272 e. The van der Waals surface area contributed by atoms with Gasteiger partial charge in [0.1, 0.15) is 0 Å². The maximum atomic E-state index is 12.0. The van der Waals surface area contributed by atoms with Gasteiger partial charge >= 0.3 is 0 Å². The number of amides is 1. The Bertz CT molecular complexity index is 313. The molecule has 0 aromatic rings. The Labute approximate surface area is 144 Å². The molecule has 0 radical (unpaired) electrons. The van der Waals surface area contributed by atoms with Crippen molar-refractivity contribution in [3.8, 4) is 0 Å². The van der Waals surface area contributed by atoms with Gasteiger partial charge in [-0.05, 0) is 26.2 Å². The van der Waals surface area contributed by atoms with Crippen LogP contribution in [0.3, 0.4) is 0 Å². The van der Waals surface area contributed by atoms with Crippen LogP contribution in [-0.4, -0.2) is 22.7 Å². The molecular weight excluding hydrogens is 286 g/mol. The van der Waals surface area contributed by atoms with Crippen molar-refractivity contribution in [3.63, 3.8) is 0 Å². The number of hydrogen-bond donors (Lipinski definition) is 1. The fourth-order valence-electron chi connectivity index (χ4n) is 2.68. The Balaban J connectivity index is 3.69. The average Bonchev–Trinajstić information content (AvgIpc) is 2.56. The van der Waals surface area contributed by atoms with Gasteiger partial charge in [0.25, 0.3) is 5.91 Å². The predicted molar refractivity (Wildman–Crippen MR) is 98.6 cm³/mol. The molecule has 0 aromatic heterocycles. The van der Waals surface area contributed by atoms with E-state index in [0.717, 1.165) is 43.6 Å². The van der Waals surface area contributed by atoms with Gasteiger partial charge in [-0.3, -0.25) is 10.0 Å². The highest BCUT2D eigenvalue weighted by Crippen LogP contribution is 2.11. The molecule has 0 aliphatic rings. The molecular formula is C20H39NO2. The zero-order valence-electron chi connectivity index (χ0n) is 15.8. The van der Waals surface area contributed by atoms with Crippen LogP contribution in [0.2, 0.25) is 0 Å². The zero-order chi connectivity index (χ0) is 17.3. The largest absolute Gasteiger partial charge is 0.286 e. The van der Waals surface area contributed by atoms with Gasteiger partial charge in [-0.2, -0.15) is 0 Å². The monoisotopic (exact) mass is 325 g/mol. The Morgan fingerprint density at radius 2 is 1.30 bits per heavy atom. The number of allylic oxidation sites excluding steroid dienone is 1. The van der Waals surface area contributed by atoms with Gasteiger partial charge in [-0.1, -0.05) is 84.1 Å². The van der Waals surface area contributed by atoms with Gasteiger partial charge in [0.2, 0.25) is 0 Å². The number of hydrogen-bond acceptors (Lipinski definition) is 2. The Hall–Kier alpha value is -0.830. The second-order valence-electron chi connectivity index (χ2n) is 6.64. The highest BCUT2D eigenvalue weighted by molar-refractivity contribution is 5.91. The van der Waals surface area contributed by atoms with Gasteiger partial charge in [-0.15, -0.1) is 0 Å². The minimum atomic E-state index is -0.235. The van der Waals surface area contributed by atoms with E-state index < -0.39 is 0 Å². The highest BCUT2D eigenvalue weighted by Gasteiger charge is 2.11. The number of carbonyl (C=O) groups excluding carboxylic acids is 1. The lowest BCUT2D eigenvalue weighted by atomic mass is 10.1. The lowest BCUT2D eigenvalue weighted by Gasteiger charge is -2.15. The molecule has 23 heavy (non-hydrogen) atoms. The van der Waals surface area contributed by atoms with E-state index in [1.807, 2.05) is 13.0 Å². The summed E-state index contributed by atoms with van der Waals surface area (Å²) in [6, 6.07) is 0. The minimum Gasteiger partial charge on any atom is -0.286 e. The summed E-state index contributed by atoms with van der Waals surface area (Å²) in [4.78, 5) is 12.0. The summed E-state index contributed by atoms with van der Waals surface area (Å²) in [5, 5.41) is 10.7. The first kappa shape index (κ1) is 22.2. The van der Waals surface area contributed by atoms with Gasteiger partial charge in [0.15, 0.2) is 0 Å². The standard InChI is InChI=1S/C20H39NO2/c1-4-6-8-10-11-12-13-14-15-17-19(3)20(22)21(23)18-16-9-7-5-2/h17,23H,4-16,18H2,1-3H3. The maximum absolute atomic E-state index is 12.0. The van der Waals surface area contributed by atoms with E-state index in [2.05, 4.69) is 13.8 Å². The first-order chi connectivity index (χ1) is 11.1. The van der Waals surface area contributed by atoms with Crippen molar-refractivity contribution in [1.29, 1.82) is 0 Å². The van der Waals surface area contributed by atoms with Crippen LogP contribution in [0.5, 0.6) is 0 Å². The first-order valence-electron chi connectivity index (χ1n) is 9.81. The highest BCUT2D eigenvalue weighted by atomic mass is 16.5. The molecule has 0 rings (SSSR count). The lowest BCUT2D eigenvalue weighted by molar-refractivity contribution is -0.160. The molecule has 136 valence electrons. The fraction of sp³-hybridized carbons (Fsp3) is 0.850. The summed E-state index contributed by atoms with van der Waals surface area (Å²) < 4.78 is 0. The Kier molecular flexibility index (Phi) is 15.5. The van der Waals surface area contributed by atoms with Crippen molar-refractivity contribution in [2.24, 2.45) is 0 Å². The molecule has 0 saturated carbocycles. The molecule has 0 aliphatic carbocycles. The molecule has 0 fully saturated rings. The molecule has 1 N–H and O–H groups in total. The first-order valence-corrected chi connectivity index (χ1v) is 9.81. The lowest BCUT2D eigenvalue weighted by Crippen LogP contribution is -2.29. The normalized spacial score (nSPS) is 11.7. The van der Waals surface area contributed by atoms with Crippen LogP contribution >= 0.6 is 0 Å². The predicted octanol–water partition coefficient (Wildman–Crippen LogP) is 6.26.